The Morgan fingerprint density at radius 3 is 2.31 bits per heavy atom. The van der Waals surface area contributed by atoms with E-state index in [1.807, 2.05) is 77.1 Å². The molecular formula is C58H75FN8O10S. The average molecular weight is 1100 g/mol. The number of thiazole rings is 1. The Hall–Kier alpha value is -6.93. The zero-order valence-electron chi connectivity index (χ0n) is 45.9. The Labute approximate surface area is 459 Å². The number of carbonyl (C=O) groups excluding carboxylic acids is 7. The number of para-hydroxylation sites is 1. The fraction of sp³-hybridized carbons (Fsp3) is 0.517. The number of halogens is 1. The van der Waals surface area contributed by atoms with Crippen LogP contribution in [0.5, 0.6) is 5.75 Å². The van der Waals surface area contributed by atoms with Gasteiger partial charge in [-0.15, -0.1) is 11.3 Å². The van der Waals surface area contributed by atoms with E-state index in [0.29, 0.717) is 55.5 Å². The molecule has 0 aliphatic carbocycles. The highest BCUT2D eigenvalue weighted by Crippen LogP contribution is 2.39. The fourth-order valence-electron chi connectivity index (χ4n) is 10.3. The molecular weight excluding hydrogens is 1020 g/mol. The molecule has 7 amide bonds. The number of rotatable bonds is 21. The maximum atomic E-state index is 15.2. The number of aryl methyl sites for hydroxylation is 3. The van der Waals surface area contributed by atoms with Crippen LogP contribution >= 0.6 is 11.3 Å². The first-order valence-electron chi connectivity index (χ1n) is 26.9. The van der Waals surface area contributed by atoms with E-state index in [1.54, 1.807) is 43.7 Å². The molecule has 7 atom stereocenters. The van der Waals surface area contributed by atoms with E-state index in [0.717, 1.165) is 32.8 Å². The molecule has 4 heterocycles. The van der Waals surface area contributed by atoms with Gasteiger partial charge >= 0.3 is 6.09 Å². The van der Waals surface area contributed by atoms with Crippen molar-refractivity contribution in [2.75, 3.05) is 18.1 Å². The van der Waals surface area contributed by atoms with Gasteiger partial charge < -0.3 is 46.5 Å². The minimum Gasteiger partial charge on any atom is -0.491 e. The zero-order chi connectivity index (χ0) is 56.6. The summed E-state index contributed by atoms with van der Waals surface area (Å²) in [4.78, 5) is 103. The number of hydrogen-bond donors (Lipinski definition) is 6. The number of nitrogens with one attached hydrogen (secondary N) is 4. The molecule has 1 saturated heterocycles. The average Bonchev–Trinajstić information content (AvgIpc) is 4.17. The minimum atomic E-state index is -0.986. The van der Waals surface area contributed by atoms with Gasteiger partial charge in [-0.3, -0.25) is 33.7 Å². The SMILES string of the molecule is Cc1ncsc1-c1ccc([C@H](C)NC(=O)C2C[C@@H](O)CN2C(=O)[C@@H](NC(=O)CCCCCc2cc(OC[C@H](CCC(N)=O)NC(=O)[C@@H]3Cc4cccc5c4N3C(=O)[C@@H](NC(=O)OC(C)(C)C)CC5)ccc2F)C(C)(C)C)cc1. The van der Waals surface area contributed by atoms with Crippen LogP contribution < -0.4 is 36.6 Å². The van der Waals surface area contributed by atoms with Gasteiger partial charge in [0.2, 0.25) is 35.4 Å². The van der Waals surface area contributed by atoms with Gasteiger partial charge in [-0.2, -0.15) is 0 Å². The predicted molar refractivity (Wildman–Crippen MR) is 294 cm³/mol. The molecule has 20 heteroatoms. The minimum absolute atomic E-state index is 0.0514. The summed E-state index contributed by atoms with van der Waals surface area (Å²) in [5.41, 5.74) is 11.4. The van der Waals surface area contributed by atoms with Gasteiger partial charge in [0.15, 0.2) is 0 Å². The molecule has 3 aliphatic rings. The lowest BCUT2D eigenvalue weighted by Crippen LogP contribution is -2.57. The third-order valence-electron chi connectivity index (χ3n) is 14.4. The van der Waals surface area contributed by atoms with E-state index in [-0.39, 0.29) is 57.2 Å². The fourth-order valence-corrected chi connectivity index (χ4v) is 11.1. The van der Waals surface area contributed by atoms with Gasteiger partial charge in [-0.25, -0.2) is 14.2 Å². The second kappa shape index (κ2) is 25.2. The molecule has 18 nitrogen and oxygen atoms in total. The first-order valence-corrected chi connectivity index (χ1v) is 27.8. The summed E-state index contributed by atoms with van der Waals surface area (Å²) in [6.07, 6.45) is 1.43. The van der Waals surface area contributed by atoms with E-state index >= 15 is 4.39 Å². The smallest absolute Gasteiger partial charge is 0.408 e. The maximum Gasteiger partial charge on any atom is 0.408 e. The summed E-state index contributed by atoms with van der Waals surface area (Å²) < 4.78 is 26.7. The Morgan fingerprint density at radius 2 is 1.63 bits per heavy atom. The molecule has 4 aromatic rings. The zero-order valence-corrected chi connectivity index (χ0v) is 46.7. The topological polar surface area (TPSA) is 252 Å². The van der Waals surface area contributed by atoms with Crippen molar-refractivity contribution >= 4 is 58.6 Å². The summed E-state index contributed by atoms with van der Waals surface area (Å²) in [7, 11) is 0. The lowest BCUT2D eigenvalue weighted by atomic mass is 9.85. The molecule has 78 heavy (non-hydrogen) atoms. The first kappa shape index (κ1) is 58.7. The number of nitrogens with zero attached hydrogens (tertiary/aromatic N) is 3. The van der Waals surface area contributed by atoms with Crippen LogP contribution in [-0.2, 0) is 52.8 Å². The normalized spacial score (nSPS) is 19.2. The number of aliphatic hydroxyl groups is 1. The number of β-amino-alcohol motifs (C(OH)–C–C–N with tert-alkyl or cyclic N) is 1. The lowest BCUT2D eigenvalue weighted by molar-refractivity contribution is -0.144. The van der Waals surface area contributed by atoms with Gasteiger partial charge in [-0.1, -0.05) is 69.7 Å². The maximum absolute atomic E-state index is 15.2. The van der Waals surface area contributed by atoms with Crippen molar-refractivity contribution in [2.45, 2.75) is 174 Å². The van der Waals surface area contributed by atoms with Crippen LogP contribution in [0.15, 0.2) is 66.2 Å². The van der Waals surface area contributed by atoms with Crippen LogP contribution in [0.2, 0.25) is 0 Å². The molecule has 1 fully saturated rings. The number of unbranched alkanes of at least 4 members (excludes halogenated alkanes) is 2. The molecule has 1 aromatic heterocycles. The van der Waals surface area contributed by atoms with Gasteiger partial charge in [0, 0.05) is 32.2 Å². The van der Waals surface area contributed by atoms with Crippen molar-refractivity contribution in [3.05, 3.63) is 99.9 Å². The van der Waals surface area contributed by atoms with Crippen molar-refractivity contribution in [3.8, 4) is 16.2 Å². The van der Waals surface area contributed by atoms with E-state index < -0.39 is 88.8 Å². The number of alkyl carbamates (subject to hydrolysis) is 1. The van der Waals surface area contributed by atoms with E-state index in [2.05, 4.69) is 26.3 Å². The van der Waals surface area contributed by atoms with E-state index in [1.165, 1.54) is 21.9 Å². The van der Waals surface area contributed by atoms with Gasteiger partial charge in [-0.05, 0) is 125 Å². The number of nitrogens with two attached hydrogens (primary N) is 1. The second-order valence-corrected chi connectivity index (χ2v) is 23.7. The lowest BCUT2D eigenvalue weighted by Gasteiger charge is -2.35. The highest BCUT2D eigenvalue weighted by atomic mass is 32.1. The van der Waals surface area contributed by atoms with Crippen LogP contribution in [0.25, 0.3) is 10.4 Å². The summed E-state index contributed by atoms with van der Waals surface area (Å²) >= 11 is 1.56. The highest BCUT2D eigenvalue weighted by molar-refractivity contribution is 7.13. The Bertz CT molecular complexity index is 2850. The number of amides is 7. The van der Waals surface area contributed by atoms with Crippen molar-refractivity contribution in [2.24, 2.45) is 11.1 Å². The number of likely N-dealkylation sites (tertiary alicyclic amines) is 1. The molecule has 3 aliphatic heterocycles. The molecule has 3 aromatic carbocycles. The van der Waals surface area contributed by atoms with Gasteiger partial charge in [0.05, 0.1) is 40.0 Å². The number of carbonyl (C=O) groups is 7. The largest absolute Gasteiger partial charge is 0.491 e. The summed E-state index contributed by atoms with van der Waals surface area (Å²) in [6, 6.07) is 12.9. The number of primary amides is 1. The molecule has 0 bridgehead atoms. The van der Waals surface area contributed by atoms with Crippen LogP contribution in [0.3, 0.4) is 0 Å². The van der Waals surface area contributed by atoms with Crippen molar-refractivity contribution in [1.82, 2.24) is 31.2 Å². The number of benzene rings is 3. The third-order valence-corrected chi connectivity index (χ3v) is 15.3. The molecule has 0 saturated carbocycles. The standard InChI is InChI=1S/C58H75FN8O10S/c1-33(35-17-19-37(20-18-35)50-34(2)61-32-78-50)62-52(71)45-29-41(68)30-66(45)55(74)51(57(3,4)5)65-48(70)16-11-9-10-13-38-27-42(23-24-43(38)59)76-31-40(22-26-47(60)69)63-53(72)46-28-39-15-12-14-36-21-25-44(54(73)67(46)49(36)39)64-56(75)77-58(6,7)8/h12,14-15,17-20,23-24,27,32-33,40-41,44-46,51,68H,9-11,13,16,21-22,25-26,28-31H2,1-8H3,(H2,60,69)(H,62,71)(H,63,72)(H,64,75)(H,65,70)/t33-,40-,41+,44-,45?,46-,51+/m0/s1. The molecule has 1 unspecified atom stereocenters. The Morgan fingerprint density at radius 1 is 0.910 bits per heavy atom. The van der Waals surface area contributed by atoms with Crippen LogP contribution in [0.4, 0.5) is 14.9 Å². The Kier molecular flexibility index (Phi) is 19.0. The first-order chi connectivity index (χ1) is 36.9. The number of aliphatic hydroxyl groups excluding tert-OH is 1. The van der Waals surface area contributed by atoms with Gasteiger partial charge in [0.25, 0.3) is 0 Å². The Balaban J connectivity index is 0.900. The van der Waals surface area contributed by atoms with E-state index in [9.17, 15) is 38.7 Å². The second-order valence-electron chi connectivity index (χ2n) is 22.8. The quantitative estimate of drug-likeness (QED) is 0.0482. The molecule has 0 spiro atoms. The molecule has 420 valence electrons. The molecule has 0 radical (unpaired) electrons. The number of hydrogen-bond acceptors (Lipinski definition) is 12. The van der Waals surface area contributed by atoms with Crippen LogP contribution in [0, 0.1) is 18.2 Å². The molecule has 7 N–H and O–H groups in total. The third kappa shape index (κ3) is 15.0. The summed E-state index contributed by atoms with van der Waals surface area (Å²) in [5, 5.41) is 22.3. The van der Waals surface area contributed by atoms with Crippen molar-refractivity contribution in [3.63, 3.8) is 0 Å². The van der Waals surface area contributed by atoms with E-state index in [4.69, 9.17) is 15.2 Å². The number of anilines is 1. The number of aromatic nitrogens is 1. The van der Waals surface area contributed by atoms with Gasteiger partial charge in [0.1, 0.15) is 47.9 Å². The van der Waals surface area contributed by atoms with Crippen molar-refractivity contribution < 1.29 is 52.5 Å². The predicted octanol–water partition coefficient (Wildman–Crippen LogP) is 6.66. The number of ether oxygens (including phenoxy) is 2. The van der Waals surface area contributed by atoms with Crippen molar-refractivity contribution in [1.29, 1.82) is 0 Å². The summed E-state index contributed by atoms with van der Waals surface area (Å²) in [5.74, 6) is -2.84. The highest BCUT2D eigenvalue weighted by Gasteiger charge is 2.46. The van der Waals surface area contributed by atoms with Crippen LogP contribution in [0.1, 0.15) is 134 Å². The van der Waals surface area contributed by atoms with Crippen LogP contribution in [-0.4, -0.2) is 112 Å². The monoisotopic (exact) mass is 1090 g/mol. The summed E-state index contributed by atoms with van der Waals surface area (Å²) in [6.45, 7) is 14.3. The molecule has 7 rings (SSSR count).